The van der Waals surface area contributed by atoms with Crippen molar-refractivity contribution in [1.29, 1.82) is 0 Å². The molecule has 0 bridgehead atoms. The molecule has 0 aliphatic rings. The van der Waals surface area contributed by atoms with Gasteiger partial charge in [0.2, 0.25) is 11.6 Å². The molecule has 138 valence electrons. The van der Waals surface area contributed by atoms with E-state index in [0.717, 1.165) is 0 Å². The summed E-state index contributed by atoms with van der Waals surface area (Å²) >= 11 is 23.9. The van der Waals surface area contributed by atoms with E-state index in [0.29, 0.717) is 26.4 Å². The standard InChI is InChI=1S/C16H9Cl4N5O2/c17-8-1-2-13(12(20)6-8)24-16-14(25(26)27)15(21-7-22-16)23-11-4-9(18)3-10(19)5-11/h1-7H,(H2,21,22,23,24). The summed E-state index contributed by atoms with van der Waals surface area (Å²) in [6.07, 6.45) is 1.17. The minimum absolute atomic E-state index is 0.0408. The summed E-state index contributed by atoms with van der Waals surface area (Å²) in [7, 11) is 0. The molecule has 0 amide bonds. The van der Waals surface area contributed by atoms with Crippen molar-refractivity contribution in [3.8, 4) is 0 Å². The number of aromatic nitrogens is 2. The Kier molecular flexibility index (Phi) is 5.86. The number of anilines is 4. The van der Waals surface area contributed by atoms with E-state index < -0.39 is 4.92 Å². The molecular formula is C16H9Cl4N5O2. The Hall–Kier alpha value is -2.32. The Labute approximate surface area is 173 Å². The maximum absolute atomic E-state index is 11.6. The lowest BCUT2D eigenvalue weighted by Crippen LogP contribution is -2.05. The number of nitro groups is 1. The van der Waals surface area contributed by atoms with Gasteiger partial charge >= 0.3 is 5.69 Å². The Bertz CT molecular complexity index is 1010. The van der Waals surface area contributed by atoms with Gasteiger partial charge < -0.3 is 10.6 Å². The zero-order valence-electron chi connectivity index (χ0n) is 13.2. The SMILES string of the molecule is O=[N+]([O-])c1c(Nc2cc(Cl)cc(Cl)c2)ncnc1Nc1ccc(Cl)cc1Cl. The summed E-state index contributed by atoms with van der Waals surface area (Å²) in [5.41, 5.74) is 0.462. The van der Waals surface area contributed by atoms with E-state index in [4.69, 9.17) is 46.4 Å². The quantitative estimate of drug-likeness (QED) is 0.345. The molecule has 27 heavy (non-hydrogen) atoms. The van der Waals surface area contributed by atoms with Gasteiger partial charge in [-0.25, -0.2) is 9.97 Å². The molecule has 1 aromatic heterocycles. The van der Waals surface area contributed by atoms with Crippen LogP contribution in [0.5, 0.6) is 0 Å². The number of nitrogens with zero attached hydrogens (tertiary/aromatic N) is 3. The average molecular weight is 445 g/mol. The van der Waals surface area contributed by atoms with Crippen LogP contribution in [0.4, 0.5) is 28.7 Å². The van der Waals surface area contributed by atoms with Gasteiger partial charge in [0, 0.05) is 20.8 Å². The molecule has 11 heteroatoms. The Balaban J connectivity index is 2.00. The first kappa shape index (κ1) is 19.4. The van der Waals surface area contributed by atoms with Gasteiger partial charge in [-0.2, -0.15) is 0 Å². The van der Waals surface area contributed by atoms with Gasteiger partial charge in [-0.15, -0.1) is 0 Å². The molecule has 0 radical (unpaired) electrons. The van der Waals surface area contributed by atoms with Crippen molar-refractivity contribution >= 4 is 75.1 Å². The molecular weight excluding hydrogens is 436 g/mol. The smallest absolute Gasteiger partial charge is 0.334 e. The topological polar surface area (TPSA) is 93.0 Å². The van der Waals surface area contributed by atoms with Gasteiger partial charge in [0.05, 0.1) is 15.6 Å². The number of halogens is 4. The predicted octanol–water partition coefficient (Wildman–Crippen LogP) is 6.49. The summed E-state index contributed by atoms with van der Waals surface area (Å²) in [5, 5.41) is 18.7. The van der Waals surface area contributed by atoms with Crippen LogP contribution in [-0.4, -0.2) is 14.9 Å². The third-order valence-electron chi connectivity index (χ3n) is 3.31. The summed E-state index contributed by atoms with van der Waals surface area (Å²) < 4.78 is 0. The number of rotatable bonds is 5. The molecule has 0 atom stereocenters. The first-order chi connectivity index (χ1) is 12.8. The fraction of sp³-hybridized carbons (Fsp3) is 0. The molecule has 3 aromatic rings. The van der Waals surface area contributed by atoms with Crippen molar-refractivity contribution in [3.63, 3.8) is 0 Å². The lowest BCUT2D eigenvalue weighted by molar-refractivity contribution is -0.383. The fourth-order valence-electron chi connectivity index (χ4n) is 2.22. The first-order valence-electron chi connectivity index (χ1n) is 7.28. The molecule has 1 heterocycles. The van der Waals surface area contributed by atoms with E-state index in [2.05, 4.69) is 20.6 Å². The second-order valence-corrected chi connectivity index (χ2v) is 6.93. The molecule has 0 unspecified atom stereocenters. The van der Waals surface area contributed by atoms with Crippen LogP contribution in [0.1, 0.15) is 0 Å². The van der Waals surface area contributed by atoms with Crippen molar-refractivity contribution < 1.29 is 4.92 Å². The average Bonchev–Trinajstić information content (AvgIpc) is 2.56. The van der Waals surface area contributed by atoms with Crippen LogP contribution in [0.25, 0.3) is 0 Å². The molecule has 0 saturated heterocycles. The third-order valence-corrected chi connectivity index (χ3v) is 4.30. The van der Waals surface area contributed by atoms with Gasteiger partial charge in [-0.05, 0) is 36.4 Å². The van der Waals surface area contributed by atoms with Gasteiger partial charge in [0.15, 0.2) is 0 Å². The number of nitrogens with one attached hydrogen (secondary N) is 2. The highest BCUT2D eigenvalue weighted by atomic mass is 35.5. The minimum atomic E-state index is -0.610. The number of hydrogen-bond acceptors (Lipinski definition) is 6. The lowest BCUT2D eigenvalue weighted by atomic mass is 10.3. The highest BCUT2D eigenvalue weighted by molar-refractivity contribution is 6.36. The monoisotopic (exact) mass is 443 g/mol. The highest BCUT2D eigenvalue weighted by Crippen LogP contribution is 2.36. The van der Waals surface area contributed by atoms with Crippen LogP contribution in [0.3, 0.4) is 0 Å². The molecule has 0 saturated carbocycles. The largest absolute Gasteiger partial charge is 0.353 e. The maximum atomic E-state index is 11.6. The molecule has 2 N–H and O–H groups in total. The van der Waals surface area contributed by atoms with Crippen LogP contribution in [-0.2, 0) is 0 Å². The number of hydrogen-bond donors (Lipinski definition) is 2. The fourth-order valence-corrected chi connectivity index (χ4v) is 3.20. The zero-order valence-corrected chi connectivity index (χ0v) is 16.2. The predicted molar refractivity (Wildman–Crippen MR) is 108 cm³/mol. The minimum Gasteiger partial charge on any atom is -0.334 e. The summed E-state index contributed by atoms with van der Waals surface area (Å²) in [5.74, 6) is -0.0873. The van der Waals surface area contributed by atoms with Crippen molar-refractivity contribution in [1.82, 2.24) is 9.97 Å². The second-order valence-electron chi connectivity index (χ2n) is 5.21. The van der Waals surface area contributed by atoms with Crippen LogP contribution < -0.4 is 10.6 Å². The van der Waals surface area contributed by atoms with E-state index in [1.54, 1.807) is 24.3 Å². The second kappa shape index (κ2) is 8.14. The van der Waals surface area contributed by atoms with Gasteiger partial charge in [0.1, 0.15) is 6.33 Å². The molecule has 0 fully saturated rings. The van der Waals surface area contributed by atoms with E-state index >= 15 is 0 Å². The Morgan fingerprint density at radius 2 is 1.48 bits per heavy atom. The molecule has 7 nitrogen and oxygen atoms in total. The molecule has 0 aliphatic heterocycles. The molecule has 2 aromatic carbocycles. The number of benzene rings is 2. The Morgan fingerprint density at radius 3 is 2.07 bits per heavy atom. The summed E-state index contributed by atoms with van der Waals surface area (Å²) in [4.78, 5) is 18.9. The lowest BCUT2D eigenvalue weighted by Gasteiger charge is -2.11. The Morgan fingerprint density at radius 1 is 0.852 bits per heavy atom. The maximum Gasteiger partial charge on any atom is 0.353 e. The van der Waals surface area contributed by atoms with Crippen LogP contribution in [0, 0.1) is 10.1 Å². The van der Waals surface area contributed by atoms with Crippen LogP contribution in [0.2, 0.25) is 20.1 Å². The summed E-state index contributed by atoms with van der Waals surface area (Å²) in [6, 6.07) is 9.34. The van der Waals surface area contributed by atoms with Crippen molar-refractivity contribution in [3.05, 3.63) is 72.9 Å². The highest BCUT2D eigenvalue weighted by Gasteiger charge is 2.24. The summed E-state index contributed by atoms with van der Waals surface area (Å²) in [6.45, 7) is 0. The van der Waals surface area contributed by atoms with Gasteiger partial charge in [-0.1, -0.05) is 46.4 Å². The normalized spacial score (nSPS) is 10.5. The van der Waals surface area contributed by atoms with Gasteiger partial charge in [0.25, 0.3) is 0 Å². The zero-order chi connectivity index (χ0) is 19.6. The van der Waals surface area contributed by atoms with Crippen LogP contribution >= 0.6 is 46.4 Å². The first-order valence-corrected chi connectivity index (χ1v) is 8.79. The van der Waals surface area contributed by atoms with Gasteiger partial charge in [-0.3, -0.25) is 10.1 Å². The third kappa shape index (κ3) is 4.70. The van der Waals surface area contributed by atoms with Crippen molar-refractivity contribution in [2.75, 3.05) is 10.6 Å². The van der Waals surface area contributed by atoms with Crippen molar-refractivity contribution in [2.24, 2.45) is 0 Å². The molecule has 3 rings (SSSR count). The van der Waals surface area contributed by atoms with E-state index in [-0.39, 0.29) is 22.3 Å². The van der Waals surface area contributed by atoms with Crippen molar-refractivity contribution in [2.45, 2.75) is 0 Å². The van der Waals surface area contributed by atoms with E-state index in [1.807, 2.05) is 0 Å². The van der Waals surface area contributed by atoms with E-state index in [9.17, 15) is 10.1 Å². The molecule has 0 spiro atoms. The van der Waals surface area contributed by atoms with Crippen LogP contribution in [0.15, 0.2) is 42.7 Å². The molecule has 0 aliphatic carbocycles. The van der Waals surface area contributed by atoms with E-state index in [1.165, 1.54) is 18.5 Å².